The zero-order chi connectivity index (χ0) is 17.6. The molecule has 5 heteroatoms. The number of hydrogen-bond donors (Lipinski definition) is 1. The van der Waals surface area contributed by atoms with Crippen LogP contribution >= 0.6 is 22.7 Å². The van der Waals surface area contributed by atoms with Gasteiger partial charge in [-0.2, -0.15) is 0 Å². The second kappa shape index (κ2) is 6.54. The minimum atomic E-state index is -0.0266. The lowest BCUT2D eigenvalue weighted by Crippen LogP contribution is -2.17. The van der Waals surface area contributed by atoms with Crippen molar-refractivity contribution in [2.24, 2.45) is 11.8 Å². The first-order chi connectivity index (χ1) is 12.0. The maximum absolute atomic E-state index is 12.3. The number of amides is 1. The maximum Gasteiger partial charge on any atom is 0.227 e. The van der Waals surface area contributed by atoms with E-state index in [1.54, 1.807) is 22.7 Å². The Hall–Kier alpha value is -1.72. The van der Waals surface area contributed by atoms with Gasteiger partial charge in [0.05, 0.1) is 10.2 Å². The molecule has 1 aromatic carbocycles. The minimum absolute atomic E-state index is 0.0266. The van der Waals surface area contributed by atoms with Crippen LogP contribution in [0.2, 0.25) is 0 Å². The molecule has 4 rings (SSSR count). The topological polar surface area (TPSA) is 42.0 Å². The SMILES string of the molecule is CC(C)C(=O)Nc1sc2c(c1-c1nc3ccccc3s1)CC[C@H](C)C2. The number of carbonyl (C=O) groups is 1. The predicted octanol–water partition coefficient (Wildman–Crippen LogP) is 5.74. The Labute approximate surface area is 156 Å². The molecule has 130 valence electrons. The fraction of sp³-hybridized carbons (Fsp3) is 0.400. The van der Waals surface area contributed by atoms with E-state index in [1.807, 2.05) is 19.9 Å². The van der Waals surface area contributed by atoms with Crippen molar-refractivity contribution in [2.45, 2.75) is 40.0 Å². The molecule has 1 aliphatic rings. The van der Waals surface area contributed by atoms with E-state index in [9.17, 15) is 4.79 Å². The standard InChI is InChI=1S/C20H22N2OS2/c1-11(2)18(23)22-20-17(13-9-8-12(3)10-16(13)25-20)19-21-14-6-4-5-7-15(14)24-19/h4-7,11-12H,8-10H2,1-3H3,(H,22,23)/t12-/m0/s1. The van der Waals surface area contributed by atoms with Crippen molar-refractivity contribution in [3.8, 4) is 10.6 Å². The van der Waals surface area contributed by atoms with Gasteiger partial charge in [-0.1, -0.05) is 32.9 Å². The molecular formula is C20H22N2OS2. The highest BCUT2D eigenvalue weighted by Crippen LogP contribution is 2.47. The van der Waals surface area contributed by atoms with E-state index in [2.05, 4.69) is 30.4 Å². The first-order valence-corrected chi connectivity index (χ1v) is 10.5. The van der Waals surface area contributed by atoms with E-state index >= 15 is 0 Å². The van der Waals surface area contributed by atoms with Crippen LogP contribution in [-0.4, -0.2) is 10.9 Å². The van der Waals surface area contributed by atoms with Crippen LogP contribution in [0.25, 0.3) is 20.8 Å². The minimum Gasteiger partial charge on any atom is -0.317 e. The molecule has 0 spiro atoms. The molecule has 0 radical (unpaired) electrons. The van der Waals surface area contributed by atoms with Gasteiger partial charge in [0, 0.05) is 16.4 Å². The Bertz CT molecular complexity index is 905. The van der Waals surface area contributed by atoms with Gasteiger partial charge in [-0.3, -0.25) is 4.79 Å². The molecule has 1 atom stereocenters. The smallest absolute Gasteiger partial charge is 0.227 e. The summed E-state index contributed by atoms with van der Waals surface area (Å²) in [5.41, 5.74) is 3.61. The monoisotopic (exact) mass is 370 g/mol. The summed E-state index contributed by atoms with van der Waals surface area (Å²) in [5.74, 6) is 0.762. The molecular weight excluding hydrogens is 348 g/mol. The van der Waals surface area contributed by atoms with Gasteiger partial charge in [0.1, 0.15) is 10.0 Å². The van der Waals surface area contributed by atoms with Crippen molar-refractivity contribution >= 4 is 43.8 Å². The van der Waals surface area contributed by atoms with Gasteiger partial charge in [-0.15, -0.1) is 22.7 Å². The van der Waals surface area contributed by atoms with Crippen LogP contribution in [0, 0.1) is 11.8 Å². The number of nitrogens with one attached hydrogen (secondary N) is 1. The summed E-state index contributed by atoms with van der Waals surface area (Å²) in [5, 5.41) is 5.19. The van der Waals surface area contributed by atoms with Crippen LogP contribution in [-0.2, 0) is 17.6 Å². The van der Waals surface area contributed by atoms with Crippen LogP contribution in [0.4, 0.5) is 5.00 Å². The first-order valence-electron chi connectivity index (χ1n) is 8.84. The van der Waals surface area contributed by atoms with E-state index in [1.165, 1.54) is 27.1 Å². The lowest BCUT2D eigenvalue weighted by molar-refractivity contribution is -0.118. The second-order valence-electron chi connectivity index (χ2n) is 7.19. The molecule has 0 bridgehead atoms. The number of fused-ring (bicyclic) bond motifs is 2. The molecule has 0 aliphatic heterocycles. The number of thiophene rings is 1. The Balaban J connectivity index is 1.85. The van der Waals surface area contributed by atoms with Crippen LogP contribution in [0.3, 0.4) is 0 Å². The summed E-state index contributed by atoms with van der Waals surface area (Å²) in [6.07, 6.45) is 3.39. The van der Waals surface area contributed by atoms with Crippen molar-refractivity contribution < 1.29 is 4.79 Å². The van der Waals surface area contributed by atoms with Gasteiger partial charge >= 0.3 is 0 Å². The molecule has 0 unspecified atom stereocenters. The lowest BCUT2D eigenvalue weighted by Gasteiger charge is -2.18. The molecule has 2 heterocycles. The number of thiazole rings is 1. The summed E-state index contributed by atoms with van der Waals surface area (Å²) in [6, 6.07) is 8.25. The summed E-state index contributed by atoms with van der Waals surface area (Å²) in [6.45, 7) is 6.18. The maximum atomic E-state index is 12.3. The number of carbonyl (C=O) groups excluding carboxylic acids is 1. The number of anilines is 1. The molecule has 1 N–H and O–H groups in total. The number of para-hydroxylation sites is 1. The van der Waals surface area contributed by atoms with Crippen LogP contribution in [0.1, 0.15) is 37.6 Å². The second-order valence-corrected chi connectivity index (χ2v) is 9.32. The number of aromatic nitrogens is 1. The van der Waals surface area contributed by atoms with E-state index < -0.39 is 0 Å². The fourth-order valence-electron chi connectivity index (χ4n) is 3.30. The molecule has 2 aromatic heterocycles. The van der Waals surface area contributed by atoms with Gasteiger partial charge in [-0.05, 0) is 42.9 Å². The van der Waals surface area contributed by atoms with Crippen LogP contribution in [0.15, 0.2) is 24.3 Å². The average molecular weight is 371 g/mol. The van der Waals surface area contributed by atoms with Crippen molar-refractivity contribution in [3.05, 3.63) is 34.7 Å². The normalized spacial score (nSPS) is 17.0. The third-order valence-corrected chi connectivity index (χ3v) is 7.00. The summed E-state index contributed by atoms with van der Waals surface area (Å²) >= 11 is 3.47. The Kier molecular flexibility index (Phi) is 4.38. The number of nitrogens with zero attached hydrogens (tertiary/aromatic N) is 1. The average Bonchev–Trinajstić information content (AvgIpc) is 3.14. The van der Waals surface area contributed by atoms with E-state index in [0.717, 1.165) is 28.4 Å². The quantitative estimate of drug-likeness (QED) is 0.638. The van der Waals surface area contributed by atoms with Gasteiger partial charge in [0.25, 0.3) is 0 Å². The van der Waals surface area contributed by atoms with Gasteiger partial charge in [0.15, 0.2) is 0 Å². The lowest BCUT2D eigenvalue weighted by atomic mass is 9.88. The van der Waals surface area contributed by atoms with Crippen molar-refractivity contribution in [1.29, 1.82) is 0 Å². The van der Waals surface area contributed by atoms with Crippen LogP contribution in [0.5, 0.6) is 0 Å². The highest BCUT2D eigenvalue weighted by atomic mass is 32.1. The van der Waals surface area contributed by atoms with Gasteiger partial charge < -0.3 is 5.32 Å². The Morgan fingerprint density at radius 1 is 1.28 bits per heavy atom. The molecule has 1 aliphatic carbocycles. The van der Waals surface area contributed by atoms with Crippen molar-refractivity contribution in [1.82, 2.24) is 4.98 Å². The third kappa shape index (κ3) is 3.11. The number of benzene rings is 1. The molecule has 1 amide bonds. The third-order valence-electron chi connectivity index (χ3n) is 4.78. The molecule has 0 saturated carbocycles. The zero-order valence-corrected chi connectivity index (χ0v) is 16.4. The Morgan fingerprint density at radius 2 is 2.08 bits per heavy atom. The van der Waals surface area contributed by atoms with Gasteiger partial charge in [0.2, 0.25) is 5.91 Å². The Morgan fingerprint density at radius 3 is 2.84 bits per heavy atom. The molecule has 3 nitrogen and oxygen atoms in total. The highest BCUT2D eigenvalue weighted by Gasteiger charge is 2.27. The van der Waals surface area contributed by atoms with Crippen molar-refractivity contribution in [2.75, 3.05) is 5.32 Å². The molecule has 0 fully saturated rings. The van der Waals surface area contributed by atoms with Crippen molar-refractivity contribution in [3.63, 3.8) is 0 Å². The summed E-state index contributed by atoms with van der Waals surface area (Å²) in [7, 11) is 0. The van der Waals surface area contributed by atoms with Gasteiger partial charge in [-0.25, -0.2) is 4.98 Å². The van der Waals surface area contributed by atoms with E-state index in [4.69, 9.17) is 4.98 Å². The predicted molar refractivity (Wildman–Crippen MR) is 108 cm³/mol. The summed E-state index contributed by atoms with van der Waals surface area (Å²) < 4.78 is 1.20. The number of rotatable bonds is 3. The van der Waals surface area contributed by atoms with Crippen LogP contribution < -0.4 is 5.32 Å². The first kappa shape index (κ1) is 16.7. The zero-order valence-electron chi connectivity index (χ0n) is 14.8. The number of hydrogen-bond acceptors (Lipinski definition) is 4. The van der Waals surface area contributed by atoms with E-state index in [-0.39, 0.29) is 11.8 Å². The molecule has 3 aromatic rings. The molecule has 25 heavy (non-hydrogen) atoms. The van der Waals surface area contributed by atoms with E-state index in [0.29, 0.717) is 5.92 Å². The largest absolute Gasteiger partial charge is 0.317 e. The molecule has 0 saturated heterocycles. The fourth-order valence-corrected chi connectivity index (χ4v) is 5.82. The highest BCUT2D eigenvalue weighted by molar-refractivity contribution is 7.22. The summed E-state index contributed by atoms with van der Waals surface area (Å²) in [4.78, 5) is 18.6.